The van der Waals surface area contributed by atoms with Gasteiger partial charge in [-0.2, -0.15) is 18.3 Å². The fraction of sp³-hybridized carbons (Fsp3) is 0.600. The number of likely N-dealkylation sites (N-methyl/N-ethyl adjacent to an activating group) is 1. The molecule has 10 heteroatoms. The number of nitrogens with zero attached hydrogens (tertiary/aromatic N) is 5. The molecule has 3 heterocycles. The maximum Gasteiger partial charge on any atom is 0.433 e. The number of hydrogen-bond donors (Lipinski definition) is 1. The quantitative estimate of drug-likeness (QED) is 0.815. The summed E-state index contributed by atoms with van der Waals surface area (Å²) in [5, 5.41) is 6.80. The molecule has 0 bridgehead atoms. The van der Waals surface area contributed by atoms with Crippen molar-refractivity contribution in [3.05, 3.63) is 29.5 Å². The monoisotopic (exact) mass is 422 g/mol. The van der Waals surface area contributed by atoms with E-state index in [-0.39, 0.29) is 29.8 Å². The molecular weight excluding hydrogens is 397 g/mol. The predicted octanol–water partition coefficient (Wildman–Crippen LogP) is 3.61. The van der Waals surface area contributed by atoms with Gasteiger partial charge < -0.3 is 10.2 Å². The summed E-state index contributed by atoms with van der Waals surface area (Å²) >= 11 is 0. The molecule has 2 aromatic rings. The van der Waals surface area contributed by atoms with Gasteiger partial charge in [0.25, 0.3) is 0 Å². The van der Waals surface area contributed by atoms with E-state index in [0.29, 0.717) is 42.3 Å². The second-order valence-electron chi connectivity index (χ2n) is 8.57. The summed E-state index contributed by atoms with van der Waals surface area (Å²) in [6.45, 7) is 5.80. The number of alkyl halides is 3. The molecule has 0 aromatic carbocycles. The highest BCUT2D eigenvalue weighted by molar-refractivity contribution is 6.03. The third-order valence-corrected chi connectivity index (χ3v) is 6.01. The van der Waals surface area contributed by atoms with Gasteiger partial charge in [0.05, 0.1) is 11.7 Å². The molecule has 1 aliphatic carbocycles. The molecule has 1 fully saturated rings. The van der Waals surface area contributed by atoms with Crippen molar-refractivity contribution in [3.8, 4) is 0 Å². The van der Waals surface area contributed by atoms with E-state index in [1.54, 1.807) is 0 Å². The van der Waals surface area contributed by atoms with E-state index in [0.717, 1.165) is 10.7 Å². The summed E-state index contributed by atoms with van der Waals surface area (Å²) in [7, 11) is 1.86. The summed E-state index contributed by atoms with van der Waals surface area (Å²) in [4.78, 5) is 23.5. The lowest BCUT2D eigenvalue weighted by atomic mass is 9.78. The van der Waals surface area contributed by atoms with Crippen LogP contribution >= 0.6 is 0 Å². The van der Waals surface area contributed by atoms with Gasteiger partial charge in [-0.1, -0.05) is 13.8 Å². The summed E-state index contributed by atoms with van der Waals surface area (Å²) in [6.07, 6.45) is -1.41. The fourth-order valence-electron chi connectivity index (χ4n) is 4.52. The van der Waals surface area contributed by atoms with E-state index in [9.17, 15) is 18.0 Å². The van der Waals surface area contributed by atoms with Crippen LogP contribution in [0, 0.1) is 18.8 Å². The second kappa shape index (κ2) is 7.24. The lowest BCUT2D eigenvalue weighted by molar-refractivity contribution is -0.146. The Morgan fingerprint density at radius 1 is 1.27 bits per heavy atom. The van der Waals surface area contributed by atoms with Gasteiger partial charge in [0.1, 0.15) is 23.2 Å². The fourth-order valence-corrected chi connectivity index (χ4v) is 4.52. The van der Waals surface area contributed by atoms with Gasteiger partial charge in [-0.25, -0.2) is 9.97 Å². The van der Waals surface area contributed by atoms with E-state index in [2.05, 4.69) is 20.4 Å². The lowest BCUT2D eigenvalue weighted by Crippen LogP contribution is -2.49. The predicted molar refractivity (Wildman–Crippen MR) is 105 cm³/mol. The SMILES string of the molecule is Cc1nc(CC2CC(n3nccc3C(F)(F)F)C2)nc2c1NC(=O)[C@H](C(C)C)N2C. The third kappa shape index (κ3) is 3.52. The Labute approximate surface area is 172 Å². The van der Waals surface area contributed by atoms with Crippen molar-refractivity contribution >= 4 is 17.4 Å². The van der Waals surface area contributed by atoms with Gasteiger partial charge in [-0.15, -0.1) is 0 Å². The number of hydrogen-bond acceptors (Lipinski definition) is 5. The minimum atomic E-state index is -4.40. The second-order valence-corrected chi connectivity index (χ2v) is 8.57. The number of halogens is 3. The number of aryl methyl sites for hydroxylation is 1. The molecule has 0 radical (unpaired) electrons. The molecular formula is C20H25F3N6O. The number of amides is 1. The Morgan fingerprint density at radius 3 is 2.60 bits per heavy atom. The van der Waals surface area contributed by atoms with Crippen molar-refractivity contribution in [2.24, 2.45) is 11.8 Å². The Kier molecular flexibility index (Phi) is 4.98. The number of fused-ring (bicyclic) bond motifs is 1. The molecule has 162 valence electrons. The number of nitrogens with one attached hydrogen (secondary N) is 1. The molecule has 30 heavy (non-hydrogen) atoms. The highest BCUT2D eigenvalue weighted by atomic mass is 19.4. The van der Waals surface area contributed by atoms with Crippen LogP contribution in [0.3, 0.4) is 0 Å². The molecule has 7 nitrogen and oxygen atoms in total. The van der Waals surface area contributed by atoms with E-state index in [1.165, 1.54) is 6.20 Å². The normalized spacial score (nSPS) is 23.9. The maximum atomic E-state index is 13.1. The minimum Gasteiger partial charge on any atom is -0.346 e. The molecule has 1 saturated carbocycles. The first-order valence-corrected chi connectivity index (χ1v) is 10.1. The first-order valence-electron chi connectivity index (χ1n) is 10.1. The molecule has 2 aliphatic rings. The van der Waals surface area contributed by atoms with Crippen LogP contribution in [0.1, 0.15) is 49.9 Å². The molecule has 4 rings (SSSR count). The third-order valence-electron chi connectivity index (χ3n) is 6.01. The van der Waals surface area contributed by atoms with Crippen molar-refractivity contribution < 1.29 is 18.0 Å². The first-order chi connectivity index (χ1) is 14.1. The molecule has 2 aromatic heterocycles. The summed E-state index contributed by atoms with van der Waals surface area (Å²) in [6, 6.07) is 0.444. The average Bonchev–Trinajstić information content (AvgIpc) is 3.08. The van der Waals surface area contributed by atoms with Gasteiger partial charge >= 0.3 is 6.18 Å². The van der Waals surface area contributed by atoms with Crippen LogP contribution in [0.25, 0.3) is 0 Å². The highest BCUT2D eigenvalue weighted by Crippen LogP contribution is 2.42. The average molecular weight is 422 g/mol. The lowest BCUT2D eigenvalue weighted by Gasteiger charge is -2.38. The molecule has 0 unspecified atom stereocenters. The zero-order valence-electron chi connectivity index (χ0n) is 17.4. The Balaban J connectivity index is 1.48. The van der Waals surface area contributed by atoms with Gasteiger partial charge in [0.2, 0.25) is 5.91 Å². The number of anilines is 2. The number of aromatic nitrogens is 4. The molecule has 1 amide bonds. The summed E-state index contributed by atoms with van der Waals surface area (Å²) in [5.74, 6) is 1.59. The van der Waals surface area contributed by atoms with Crippen molar-refractivity contribution in [2.45, 2.75) is 58.3 Å². The Morgan fingerprint density at radius 2 is 1.97 bits per heavy atom. The molecule has 1 aliphatic heterocycles. The van der Waals surface area contributed by atoms with Crippen LogP contribution in [0.15, 0.2) is 12.3 Å². The van der Waals surface area contributed by atoms with Crippen molar-refractivity contribution in [3.63, 3.8) is 0 Å². The van der Waals surface area contributed by atoms with Gasteiger partial charge in [-0.3, -0.25) is 9.48 Å². The standard InChI is InChI=1S/C20H25F3N6O/c1-10(2)17-19(30)27-16-11(3)25-15(26-18(16)28(17)4)9-12-7-13(8-12)29-14(5-6-24-29)20(21,22)23/h5-6,10,12-13,17H,7-9H2,1-4H3,(H,27,30)/t12?,13?,17-/m0/s1. The van der Waals surface area contributed by atoms with Gasteiger partial charge in [0, 0.05) is 19.7 Å². The van der Waals surface area contributed by atoms with Crippen molar-refractivity contribution in [2.75, 3.05) is 17.3 Å². The molecule has 0 saturated heterocycles. The van der Waals surface area contributed by atoms with Crippen molar-refractivity contribution in [1.29, 1.82) is 0 Å². The van der Waals surface area contributed by atoms with Crippen LogP contribution in [0.2, 0.25) is 0 Å². The number of rotatable bonds is 4. The number of carbonyl (C=O) groups is 1. The topological polar surface area (TPSA) is 75.9 Å². The smallest absolute Gasteiger partial charge is 0.346 e. The molecule has 1 N–H and O–H groups in total. The van der Waals surface area contributed by atoms with E-state index in [4.69, 9.17) is 0 Å². The largest absolute Gasteiger partial charge is 0.433 e. The van der Waals surface area contributed by atoms with Crippen LogP contribution < -0.4 is 10.2 Å². The van der Waals surface area contributed by atoms with E-state index < -0.39 is 11.9 Å². The first kappa shape index (κ1) is 20.6. The van der Waals surface area contributed by atoms with Gasteiger partial charge in [0.15, 0.2) is 5.82 Å². The van der Waals surface area contributed by atoms with Crippen LogP contribution in [0.4, 0.5) is 24.7 Å². The maximum absolute atomic E-state index is 13.1. The zero-order chi connectivity index (χ0) is 21.8. The Bertz CT molecular complexity index is 964. The van der Waals surface area contributed by atoms with Crippen LogP contribution in [0.5, 0.6) is 0 Å². The van der Waals surface area contributed by atoms with E-state index in [1.807, 2.05) is 32.7 Å². The highest BCUT2D eigenvalue weighted by Gasteiger charge is 2.41. The van der Waals surface area contributed by atoms with Crippen molar-refractivity contribution in [1.82, 2.24) is 19.7 Å². The zero-order valence-corrected chi connectivity index (χ0v) is 17.4. The summed E-state index contributed by atoms with van der Waals surface area (Å²) in [5.41, 5.74) is 0.615. The van der Waals surface area contributed by atoms with E-state index >= 15 is 0 Å². The minimum absolute atomic E-state index is 0.0685. The number of carbonyl (C=O) groups excluding carboxylic acids is 1. The molecule has 0 spiro atoms. The van der Waals surface area contributed by atoms with Crippen LogP contribution in [-0.4, -0.2) is 38.7 Å². The van der Waals surface area contributed by atoms with Crippen LogP contribution in [-0.2, 0) is 17.4 Å². The summed E-state index contributed by atoms with van der Waals surface area (Å²) < 4.78 is 40.4. The molecule has 1 atom stereocenters. The Hall–Kier alpha value is -2.65. The van der Waals surface area contributed by atoms with Gasteiger partial charge in [-0.05, 0) is 37.7 Å².